The van der Waals surface area contributed by atoms with E-state index in [1.807, 2.05) is 68.4 Å². The number of hydrogen-bond acceptors (Lipinski definition) is 4. The minimum Gasteiger partial charge on any atom is -0.484 e. The predicted octanol–water partition coefficient (Wildman–Crippen LogP) is 5.41. The second-order valence-electron chi connectivity index (χ2n) is 8.08. The van der Waals surface area contributed by atoms with Gasteiger partial charge in [0.15, 0.2) is 12.4 Å². The van der Waals surface area contributed by atoms with Crippen LogP contribution in [0.2, 0.25) is 0 Å². The zero-order chi connectivity index (χ0) is 24.5. The minimum atomic E-state index is -0.255. The summed E-state index contributed by atoms with van der Waals surface area (Å²) in [6, 6.07) is 23.8. The molecule has 0 aliphatic carbocycles. The van der Waals surface area contributed by atoms with Gasteiger partial charge in [-0.1, -0.05) is 49.4 Å². The molecule has 0 fully saturated rings. The van der Waals surface area contributed by atoms with Crippen LogP contribution in [0.15, 0.2) is 78.9 Å². The second kappa shape index (κ2) is 11.8. The van der Waals surface area contributed by atoms with Crippen molar-refractivity contribution in [2.24, 2.45) is 0 Å². The van der Waals surface area contributed by atoms with Crippen LogP contribution < -0.4 is 10.1 Å². The monoisotopic (exact) mass is 458 g/mol. The molecule has 0 aliphatic rings. The van der Waals surface area contributed by atoms with Crippen molar-refractivity contribution in [3.63, 3.8) is 0 Å². The van der Waals surface area contributed by atoms with Gasteiger partial charge in [0, 0.05) is 31.1 Å². The summed E-state index contributed by atoms with van der Waals surface area (Å²) in [5, 5.41) is 2.79. The Labute approximate surface area is 200 Å². The molecule has 0 bridgehead atoms. The van der Waals surface area contributed by atoms with Crippen LogP contribution in [0.3, 0.4) is 0 Å². The number of rotatable bonds is 10. The molecule has 6 heteroatoms. The van der Waals surface area contributed by atoms with Gasteiger partial charge in [-0.05, 0) is 54.4 Å². The Morgan fingerprint density at radius 1 is 0.941 bits per heavy atom. The van der Waals surface area contributed by atoms with Crippen molar-refractivity contribution in [1.82, 2.24) is 4.90 Å². The Balaban J connectivity index is 1.77. The molecular weight excluding hydrogens is 428 g/mol. The fraction of sp³-hybridized carbons (Fsp3) is 0.250. The number of anilines is 1. The summed E-state index contributed by atoms with van der Waals surface area (Å²) < 4.78 is 5.76. The van der Waals surface area contributed by atoms with Crippen LogP contribution in [0, 0.1) is 0 Å². The van der Waals surface area contributed by atoms with Crippen LogP contribution in [0.5, 0.6) is 5.75 Å². The fourth-order valence-electron chi connectivity index (χ4n) is 3.65. The lowest BCUT2D eigenvalue weighted by Gasteiger charge is -2.30. The van der Waals surface area contributed by atoms with Crippen molar-refractivity contribution in [2.45, 2.75) is 39.8 Å². The summed E-state index contributed by atoms with van der Waals surface area (Å²) in [6.45, 7) is 5.52. The first-order valence-corrected chi connectivity index (χ1v) is 11.3. The van der Waals surface area contributed by atoms with Crippen molar-refractivity contribution < 1.29 is 19.1 Å². The quantitative estimate of drug-likeness (QED) is 0.413. The largest absolute Gasteiger partial charge is 0.484 e. The number of nitrogens with one attached hydrogen (secondary N) is 1. The molecule has 1 atom stereocenters. The number of hydrogen-bond donors (Lipinski definition) is 1. The van der Waals surface area contributed by atoms with E-state index in [1.54, 1.807) is 29.2 Å². The van der Waals surface area contributed by atoms with Crippen LogP contribution in [0.25, 0.3) is 0 Å². The van der Waals surface area contributed by atoms with Crippen molar-refractivity contribution in [2.75, 3.05) is 11.9 Å². The number of amides is 2. The summed E-state index contributed by atoms with van der Waals surface area (Å²) in [7, 11) is 0. The molecular formula is C28H30N2O4. The van der Waals surface area contributed by atoms with Gasteiger partial charge < -0.3 is 15.0 Å². The minimum absolute atomic E-state index is 0.0620. The van der Waals surface area contributed by atoms with E-state index in [1.165, 1.54) is 6.92 Å². The number of benzene rings is 3. The van der Waals surface area contributed by atoms with E-state index in [-0.39, 0.29) is 30.2 Å². The highest BCUT2D eigenvalue weighted by molar-refractivity contribution is 5.95. The lowest BCUT2D eigenvalue weighted by atomic mass is 10.0. The molecule has 1 N–H and O–H groups in total. The third-order valence-corrected chi connectivity index (χ3v) is 5.53. The van der Waals surface area contributed by atoms with E-state index < -0.39 is 0 Å². The summed E-state index contributed by atoms with van der Waals surface area (Å²) in [4.78, 5) is 38.3. The highest BCUT2D eigenvalue weighted by atomic mass is 16.5. The molecule has 3 aromatic rings. The zero-order valence-electron chi connectivity index (χ0n) is 19.8. The Kier molecular flexibility index (Phi) is 8.57. The lowest BCUT2D eigenvalue weighted by molar-refractivity contribution is -0.136. The molecule has 2 amide bonds. The third-order valence-electron chi connectivity index (χ3n) is 5.53. The SMILES string of the molecule is CCC(=O)c1ccc(OCC(=O)N(Cc2ccccc2)[C@@H](C)c2cccc(NC(C)=O)c2)cc1. The Morgan fingerprint density at radius 2 is 1.65 bits per heavy atom. The molecule has 0 saturated carbocycles. The van der Waals surface area contributed by atoms with Crippen molar-refractivity contribution >= 4 is 23.3 Å². The van der Waals surface area contributed by atoms with E-state index in [0.29, 0.717) is 30.0 Å². The average Bonchev–Trinajstić information content (AvgIpc) is 2.85. The second-order valence-corrected chi connectivity index (χ2v) is 8.08. The Bertz CT molecular complexity index is 1130. The van der Waals surface area contributed by atoms with Gasteiger partial charge in [-0.25, -0.2) is 0 Å². The zero-order valence-corrected chi connectivity index (χ0v) is 19.8. The van der Waals surface area contributed by atoms with E-state index in [2.05, 4.69) is 5.32 Å². The molecule has 0 radical (unpaired) electrons. The smallest absolute Gasteiger partial charge is 0.261 e. The normalized spacial score (nSPS) is 11.4. The summed E-state index contributed by atoms with van der Waals surface area (Å²) in [5.74, 6) is 0.269. The van der Waals surface area contributed by atoms with Gasteiger partial charge in [-0.3, -0.25) is 14.4 Å². The third kappa shape index (κ3) is 6.78. The van der Waals surface area contributed by atoms with Gasteiger partial charge in [0.2, 0.25) is 5.91 Å². The first-order chi connectivity index (χ1) is 16.4. The van der Waals surface area contributed by atoms with Gasteiger partial charge in [0.25, 0.3) is 5.91 Å². The van der Waals surface area contributed by atoms with Gasteiger partial charge in [0.05, 0.1) is 6.04 Å². The topological polar surface area (TPSA) is 75.7 Å². The molecule has 0 heterocycles. The van der Waals surface area contributed by atoms with Gasteiger partial charge >= 0.3 is 0 Å². The van der Waals surface area contributed by atoms with E-state index in [0.717, 1.165) is 11.1 Å². The van der Waals surface area contributed by atoms with Gasteiger partial charge in [0.1, 0.15) is 5.75 Å². The van der Waals surface area contributed by atoms with Crippen LogP contribution in [-0.4, -0.2) is 29.1 Å². The molecule has 3 aromatic carbocycles. The maximum Gasteiger partial charge on any atom is 0.261 e. The number of nitrogens with zero attached hydrogens (tertiary/aromatic N) is 1. The molecule has 0 unspecified atom stereocenters. The maximum absolute atomic E-state index is 13.3. The molecule has 34 heavy (non-hydrogen) atoms. The molecule has 0 saturated heterocycles. The number of ether oxygens (including phenoxy) is 1. The fourth-order valence-corrected chi connectivity index (χ4v) is 3.65. The van der Waals surface area contributed by atoms with Crippen LogP contribution in [0.4, 0.5) is 5.69 Å². The highest BCUT2D eigenvalue weighted by Crippen LogP contribution is 2.25. The standard InChI is InChI=1S/C28H30N2O4/c1-4-27(32)23-13-15-26(16-14-23)34-19-28(33)30(18-22-9-6-5-7-10-22)20(2)24-11-8-12-25(17-24)29-21(3)31/h5-17,20H,4,18-19H2,1-3H3,(H,29,31)/t20-/m0/s1. The van der Waals surface area contributed by atoms with E-state index in [4.69, 9.17) is 4.74 Å². The number of carbonyl (C=O) groups is 3. The molecule has 3 rings (SSSR count). The number of Topliss-reactive ketones (excluding diaryl/α,β-unsaturated/α-hetero) is 1. The molecule has 0 aromatic heterocycles. The summed E-state index contributed by atoms with van der Waals surface area (Å²) in [6.07, 6.45) is 0.439. The van der Waals surface area contributed by atoms with E-state index in [9.17, 15) is 14.4 Å². The summed E-state index contributed by atoms with van der Waals surface area (Å²) >= 11 is 0. The predicted molar refractivity (Wildman–Crippen MR) is 133 cm³/mol. The van der Waals surface area contributed by atoms with Crippen molar-refractivity contribution in [1.29, 1.82) is 0 Å². The van der Waals surface area contributed by atoms with Crippen LogP contribution in [-0.2, 0) is 16.1 Å². The lowest BCUT2D eigenvalue weighted by Crippen LogP contribution is -2.36. The van der Waals surface area contributed by atoms with E-state index >= 15 is 0 Å². The van der Waals surface area contributed by atoms with Gasteiger partial charge in [-0.15, -0.1) is 0 Å². The molecule has 6 nitrogen and oxygen atoms in total. The average molecular weight is 459 g/mol. The Hall–Kier alpha value is -3.93. The maximum atomic E-state index is 13.3. The van der Waals surface area contributed by atoms with Crippen LogP contribution in [0.1, 0.15) is 54.7 Å². The molecule has 0 spiro atoms. The first kappa shape index (κ1) is 24.7. The van der Waals surface area contributed by atoms with Crippen molar-refractivity contribution in [3.8, 4) is 5.75 Å². The molecule has 176 valence electrons. The van der Waals surface area contributed by atoms with Crippen molar-refractivity contribution in [3.05, 3.63) is 95.6 Å². The number of ketones is 1. The summed E-state index contributed by atoms with van der Waals surface area (Å²) in [5.41, 5.74) is 3.21. The first-order valence-electron chi connectivity index (χ1n) is 11.3. The van der Waals surface area contributed by atoms with Gasteiger partial charge in [-0.2, -0.15) is 0 Å². The Morgan fingerprint density at radius 3 is 2.29 bits per heavy atom. The van der Waals surface area contributed by atoms with Crippen LogP contribution >= 0.6 is 0 Å². The highest BCUT2D eigenvalue weighted by Gasteiger charge is 2.23. The number of carbonyl (C=O) groups excluding carboxylic acids is 3. The molecule has 0 aliphatic heterocycles.